The molecule has 5 saturated heterocycles. The van der Waals surface area contributed by atoms with Gasteiger partial charge in [0, 0.05) is 95.2 Å². The van der Waals surface area contributed by atoms with Crippen molar-refractivity contribution in [3.8, 4) is 17.0 Å². The summed E-state index contributed by atoms with van der Waals surface area (Å²) in [5.74, 6) is 0.420. The number of aryl methyl sites for hydroxylation is 1. The van der Waals surface area contributed by atoms with Gasteiger partial charge in [0.2, 0.25) is 17.7 Å². The molecule has 1 spiro atoms. The first-order chi connectivity index (χ1) is 26.7. The fourth-order valence-electron chi connectivity index (χ4n) is 9.86. The van der Waals surface area contributed by atoms with Crippen molar-refractivity contribution in [2.45, 2.75) is 49.9 Å². The number of phenolic OH excluding ortho intramolecular Hbond substituents is 1. The van der Waals surface area contributed by atoms with Crippen molar-refractivity contribution in [3.63, 3.8) is 0 Å². The summed E-state index contributed by atoms with van der Waals surface area (Å²) in [6.07, 6.45) is 8.29. The Labute approximate surface area is 321 Å². The van der Waals surface area contributed by atoms with Gasteiger partial charge in [-0.3, -0.25) is 24.4 Å². The van der Waals surface area contributed by atoms with E-state index in [1.807, 2.05) is 49.6 Å². The molecular weight excluding hydrogens is 695 g/mol. The van der Waals surface area contributed by atoms with Gasteiger partial charge in [0.1, 0.15) is 5.75 Å². The molecule has 0 radical (unpaired) electrons. The molecular formula is C42H49N9O4. The van der Waals surface area contributed by atoms with E-state index in [0.29, 0.717) is 55.9 Å². The van der Waals surface area contributed by atoms with Gasteiger partial charge in [-0.25, -0.2) is 0 Å². The normalized spacial score (nSPS) is 22.6. The SMILES string of the molecule is Cn1ccc(C2(C(=O)N3CC4(CN(CC5CCN(c6ccc([C@H]7CCC(=O)NC7=O)cc6)CC5)C4)C3)CCN(c3cnnc(-c4ccccc4O)c3)CC2)n1. The lowest BCUT2D eigenvalue weighted by atomic mass is 9.68. The number of imide groups is 1. The minimum atomic E-state index is -0.664. The number of piperidine rings is 3. The molecule has 2 aromatic carbocycles. The number of carbonyl (C=O) groups excluding carboxylic acids is 3. The molecule has 13 nitrogen and oxygen atoms in total. The van der Waals surface area contributed by atoms with E-state index in [1.54, 1.807) is 23.0 Å². The summed E-state index contributed by atoms with van der Waals surface area (Å²) in [6.45, 7) is 8.26. The summed E-state index contributed by atoms with van der Waals surface area (Å²) in [5.41, 5.74) is 4.76. The second-order valence-corrected chi connectivity index (χ2v) is 16.6. The third-order valence-corrected chi connectivity index (χ3v) is 12.9. The number of amides is 3. The van der Waals surface area contributed by atoms with E-state index < -0.39 is 5.41 Å². The number of aromatic nitrogens is 4. The predicted octanol–water partition coefficient (Wildman–Crippen LogP) is 3.70. The van der Waals surface area contributed by atoms with Gasteiger partial charge in [-0.15, -0.1) is 0 Å². The first-order valence-corrected chi connectivity index (χ1v) is 19.7. The lowest BCUT2D eigenvalue weighted by Crippen LogP contribution is -2.74. The highest BCUT2D eigenvalue weighted by atomic mass is 16.3. The van der Waals surface area contributed by atoms with E-state index in [-0.39, 0.29) is 34.8 Å². The monoisotopic (exact) mass is 743 g/mol. The molecule has 3 amide bonds. The lowest BCUT2D eigenvalue weighted by Gasteiger charge is -2.62. The summed E-state index contributed by atoms with van der Waals surface area (Å²) in [5, 5.41) is 26.2. The molecule has 5 fully saturated rings. The van der Waals surface area contributed by atoms with Crippen LogP contribution in [0.3, 0.4) is 0 Å². The number of carbonyl (C=O) groups is 3. The molecule has 1 atom stereocenters. The van der Waals surface area contributed by atoms with Gasteiger partial charge in [0.15, 0.2) is 0 Å². The topological polar surface area (TPSA) is 140 Å². The molecule has 0 bridgehead atoms. The number of hydrogen-bond acceptors (Lipinski definition) is 10. The number of aromatic hydroxyl groups is 1. The minimum Gasteiger partial charge on any atom is -0.507 e. The molecule has 0 saturated carbocycles. The maximum Gasteiger partial charge on any atom is 0.235 e. The van der Waals surface area contributed by atoms with Crippen molar-refractivity contribution in [2.75, 3.05) is 68.7 Å². The average molecular weight is 744 g/mol. The minimum absolute atomic E-state index is 0.171. The Hall–Kier alpha value is -5.30. The molecule has 9 rings (SSSR count). The summed E-state index contributed by atoms with van der Waals surface area (Å²) in [6, 6.07) is 19.5. The van der Waals surface area contributed by atoms with Crippen LogP contribution in [-0.2, 0) is 26.8 Å². The van der Waals surface area contributed by atoms with Gasteiger partial charge in [0.05, 0.1) is 34.6 Å². The molecule has 7 heterocycles. The summed E-state index contributed by atoms with van der Waals surface area (Å²) < 4.78 is 1.80. The number of rotatable bonds is 8. The Morgan fingerprint density at radius 3 is 2.31 bits per heavy atom. The molecule has 5 aliphatic heterocycles. The molecule has 0 unspecified atom stereocenters. The number of anilines is 2. The largest absolute Gasteiger partial charge is 0.507 e. The van der Waals surface area contributed by atoms with E-state index >= 15 is 0 Å². The zero-order chi connectivity index (χ0) is 37.7. The molecule has 2 aromatic heterocycles. The number of likely N-dealkylation sites (tertiary alicyclic amines) is 2. The molecule has 2 N–H and O–H groups in total. The molecule has 55 heavy (non-hydrogen) atoms. The zero-order valence-electron chi connectivity index (χ0n) is 31.4. The molecule has 13 heteroatoms. The van der Waals surface area contributed by atoms with Gasteiger partial charge in [-0.1, -0.05) is 24.3 Å². The second-order valence-electron chi connectivity index (χ2n) is 16.6. The Balaban J connectivity index is 0.768. The first-order valence-electron chi connectivity index (χ1n) is 19.7. The Kier molecular flexibility index (Phi) is 9.07. The lowest BCUT2D eigenvalue weighted by molar-refractivity contribution is -0.167. The van der Waals surface area contributed by atoms with Gasteiger partial charge in [-0.2, -0.15) is 15.3 Å². The fraction of sp³-hybridized carbons (Fsp3) is 0.476. The highest BCUT2D eigenvalue weighted by molar-refractivity contribution is 6.01. The van der Waals surface area contributed by atoms with Crippen LogP contribution in [0.15, 0.2) is 73.1 Å². The van der Waals surface area contributed by atoms with Crippen LogP contribution >= 0.6 is 0 Å². The van der Waals surface area contributed by atoms with Crippen molar-refractivity contribution in [3.05, 3.63) is 84.3 Å². The van der Waals surface area contributed by atoms with Gasteiger partial charge in [0.25, 0.3) is 0 Å². The van der Waals surface area contributed by atoms with Gasteiger partial charge >= 0.3 is 0 Å². The van der Waals surface area contributed by atoms with Crippen LogP contribution in [0.2, 0.25) is 0 Å². The van der Waals surface area contributed by atoms with Crippen LogP contribution in [-0.4, -0.2) is 112 Å². The van der Waals surface area contributed by atoms with Crippen LogP contribution in [0.1, 0.15) is 55.7 Å². The van der Waals surface area contributed by atoms with Crippen LogP contribution in [0.4, 0.5) is 11.4 Å². The Morgan fingerprint density at radius 2 is 1.62 bits per heavy atom. The van der Waals surface area contributed by atoms with Crippen LogP contribution in [0.25, 0.3) is 11.3 Å². The Morgan fingerprint density at radius 1 is 0.891 bits per heavy atom. The van der Waals surface area contributed by atoms with E-state index in [4.69, 9.17) is 5.10 Å². The highest BCUT2D eigenvalue weighted by Crippen LogP contribution is 2.45. The van der Waals surface area contributed by atoms with Gasteiger partial charge in [-0.05, 0) is 80.0 Å². The Bertz CT molecular complexity index is 2070. The maximum atomic E-state index is 14.5. The van der Waals surface area contributed by atoms with Gasteiger partial charge < -0.3 is 24.7 Å². The third-order valence-electron chi connectivity index (χ3n) is 12.9. The van der Waals surface area contributed by atoms with Crippen LogP contribution in [0.5, 0.6) is 5.75 Å². The number of nitrogens with one attached hydrogen (secondary N) is 1. The van der Waals surface area contributed by atoms with Crippen molar-refractivity contribution in [2.24, 2.45) is 18.4 Å². The van der Waals surface area contributed by atoms with E-state index in [1.165, 1.54) is 5.69 Å². The summed E-state index contributed by atoms with van der Waals surface area (Å²) in [7, 11) is 1.91. The average Bonchev–Trinajstić information content (AvgIpc) is 3.62. The van der Waals surface area contributed by atoms with E-state index in [9.17, 15) is 19.5 Å². The highest BCUT2D eigenvalue weighted by Gasteiger charge is 2.57. The number of phenols is 1. The number of para-hydroxylation sites is 1. The quantitative estimate of drug-likeness (QED) is 0.257. The van der Waals surface area contributed by atoms with Crippen molar-refractivity contribution >= 4 is 29.1 Å². The summed E-state index contributed by atoms with van der Waals surface area (Å²) >= 11 is 0. The standard InChI is InChI=1S/C42H49N9O4/c1-47-17-14-37(46-47)42(15-20-50(21-16-42)32-22-35(45-43-23-32)34-4-2-3-5-36(34)52)40(55)51-27-41(28-51)25-48(26-41)24-29-12-18-49(19-13-29)31-8-6-30(7-9-31)33-10-11-38(53)44-39(33)54/h2-9,14,17,22-23,29,33,52H,10-13,15-16,18-21,24-28H2,1H3,(H,44,53,54)/t33-/m1/s1. The van der Waals surface area contributed by atoms with Crippen molar-refractivity contribution in [1.82, 2.24) is 35.1 Å². The fourth-order valence-corrected chi connectivity index (χ4v) is 9.86. The molecule has 4 aromatic rings. The van der Waals surface area contributed by atoms with Crippen molar-refractivity contribution in [1.29, 1.82) is 0 Å². The van der Waals surface area contributed by atoms with Crippen molar-refractivity contribution < 1.29 is 19.5 Å². The van der Waals surface area contributed by atoms with E-state index in [2.05, 4.69) is 47.2 Å². The molecule has 5 aliphatic rings. The smallest absolute Gasteiger partial charge is 0.235 e. The number of benzene rings is 2. The molecule has 286 valence electrons. The zero-order valence-corrected chi connectivity index (χ0v) is 31.4. The van der Waals surface area contributed by atoms with Crippen LogP contribution in [0, 0.1) is 11.3 Å². The van der Waals surface area contributed by atoms with Crippen LogP contribution < -0.4 is 15.1 Å². The maximum absolute atomic E-state index is 14.5. The second kappa shape index (κ2) is 14.1. The number of hydrogen-bond donors (Lipinski definition) is 2. The predicted molar refractivity (Wildman–Crippen MR) is 207 cm³/mol. The van der Waals surface area contributed by atoms with E-state index in [0.717, 1.165) is 75.6 Å². The first kappa shape index (κ1) is 35.4. The molecule has 0 aliphatic carbocycles. The third kappa shape index (κ3) is 6.72. The summed E-state index contributed by atoms with van der Waals surface area (Å²) in [4.78, 5) is 47.7. The number of nitrogens with zero attached hydrogens (tertiary/aromatic N) is 8.